The van der Waals surface area contributed by atoms with Crippen molar-refractivity contribution >= 4 is 17.3 Å². The molecule has 18 heavy (non-hydrogen) atoms. The van der Waals surface area contributed by atoms with Crippen LogP contribution in [0.4, 0.5) is 15.8 Å². The van der Waals surface area contributed by atoms with Gasteiger partial charge in [-0.2, -0.15) is 0 Å². The van der Waals surface area contributed by atoms with Crippen LogP contribution in [-0.2, 0) is 4.79 Å². The van der Waals surface area contributed by atoms with Crippen molar-refractivity contribution in [3.05, 3.63) is 34.1 Å². The summed E-state index contributed by atoms with van der Waals surface area (Å²) in [6.07, 6.45) is 0.0173. The molecule has 0 heterocycles. The lowest BCUT2D eigenvalue weighted by Crippen LogP contribution is -2.36. The molecule has 3 N–H and O–H groups in total. The lowest BCUT2D eigenvalue weighted by atomic mass is 10.0. The maximum atomic E-state index is 13.5. The Labute approximate surface area is 103 Å². The number of rotatable bonds is 4. The Morgan fingerprint density at radius 3 is 2.61 bits per heavy atom. The molecule has 6 nitrogen and oxygen atoms in total. The van der Waals surface area contributed by atoms with Gasteiger partial charge in [0.2, 0.25) is 5.91 Å². The van der Waals surface area contributed by atoms with Gasteiger partial charge in [-0.15, -0.1) is 0 Å². The highest BCUT2D eigenvalue weighted by molar-refractivity contribution is 5.91. The Morgan fingerprint density at radius 2 is 2.17 bits per heavy atom. The van der Waals surface area contributed by atoms with E-state index < -0.39 is 22.2 Å². The minimum Gasteiger partial charge on any atom is -0.325 e. The standard InChI is InChI=1S/C11H14FN3O3/c1-11(2,13)6-10(16)14-9-4-3-7(15(17)18)5-8(9)12/h3-5H,6,13H2,1-2H3,(H,14,16). The average Bonchev–Trinajstić information content (AvgIpc) is 2.17. The van der Waals surface area contributed by atoms with E-state index in [1.54, 1.807) is 13.8 Å². The fraction of sp³-hybridized carbons (Fsp3) is 0.364. The molecule has 0 aliphatic carbocycles. The number of hydrogen-bond acceptors (Lipinski definition) is 4. The van der Waals surface area contributed by atoms with E-state index in [-0.39, 0.29) is 17.8 Å². The number of anilines is 1. The van der Waals surface area contributed by atoms with Gasteiger partial charge in [-0.05, 0) is 19.9 Å². The Kier molecular flexibility index (Phi) is 3.97. The van der Waals surface area contributed by atoms with Crippen LogP contribution in [0.15, 0.2) is 18.2 Å². The molecule has 1 aromatic carbocycles. The molecule has 0 fully saturated rings. The van der Waals surface area contributed by atoms with E-state index in [1.165, 1.54) is 0 Å². The summed E-state index contributed by atoms with van der Waals surface area (Å²) in [5.41, 5.74) is 4.47. The molecule has 0 aliphatic rings. The smallest absolute Gasteiger partial charge is 0.272 e. The first-order valence-electron chi connectivity index (χ1n) is 5.22. The molecule has 98 valence electrons. The van der Waals surface area contributed by atoms with E-state index in [9.17, 15) is 19.3 Å². The molecule has 0 atom stereocenters. The third-order valence-electron chi connectivity index (χ3n) is 2.05. The van der Waals surface area contributed by atoms with Gasteiger partial charge in [-0.25, -0.2) is 4.39 Å². The maximum Gasteiger partial charge on any atom is 0.272 e. The maximum absolute atomic E-state index is 13.5. The summed E-state index contributed by atoms with van der Waals surface area (Å²) >= 11 is 0. The molecule has 0 spiro atoms. The summed E-state index contributed by atoms with van der Waals surface area (Å²) < 4.78 is 13.5. The third-order valence-corrected chi connectivity index (χ3v) is 2.05. The van der Waals surface area contributed by atoms with Crippen molar-refractivity contribution < 1.29 is 14.1 Å². The Morgan fingerprint density at radius 1 is 1.56 bits per heavy atom. The van der Waals surface area contributed by atoms with Crippen LogP contribution < -0.4 is 11.1 Å². The van der Waals surface area contributed by atoms with Gasteiger partial charge in [0.15, 0.2) is 5.82 Å². The van der Waals surface area contributed by atoms with E-state index >= 15 is 0 Å². The van der Waals surface area contributed by atoms with Gasteiger partial charge >= 0.3 is 0 Å². The number of halogens is 1. The van der Waals surface area contributed by atoms with Crippen molar-refractivity contribution in [1.82, 2.24) is 0 Å². The van der Waals surface area contributed by atoms with Gasteiger partial charge in [0.05, 0.1) is 16.7 Å². The zero-order valence-electron chi connectivity index (χ0n) is 10.1. The predicted molar refractivity (Wildman–Crippen MR) is 64.6 cm³/mol. The largest absolute Gasteiger partial charge is 0.325 e. The van der Waals surface area contributed by atoms with E-state index in [0.717, 1.165) is 18.2 Å². The van der Waals surface area contributed by atoms with Crippen LogP contribution in [0, 0.1) is 15.9 Å². The number of hydrogen-bond donors (Lipinski definition) is 2. The number of benzene rings is 1. The number of nitrogens with zero attached hydrogens (tertiary/aromatic N) is 1. The van der Waals surface area contributed by atoms with Crippen LogP contribution in [0.25, 0.3) is 0 Å². The molecule has 0 saturated carbocycles. The molecule has 0 aliphatic heterocycles. The second-order valence-corrected chi connectivity index (χ2v) is 4.63. The molecule has 0 unspecified atom stereocenters. The number of non-ortho nitro benzene ring substituents is 1. The lowest BCUT2D eigenvalue weighted by Gasteiger charge is -2.17. The van der Waals surface area contributed by atoms with Crippen LogP contribution in [0.3, 0.4) is 0 Å². The number of nitro benzene ring substituents is 1. The second-order valence-electron chi connectivity index (χ2n) is 4.63. The van der Waals surface area contributed by atoms with E-state index in [0.29, 0.717) is 0 Å². The third kappa shape index (κ3) is 4.10. The van der Waals surface area contributed by atoms with Gasteiger partial charge in [0, 0.05) is 18.0 Å². The van der Waals surface area contributed by atoms with Gasteiger partial charge in [0.25, 0.3) is 5.69 Å². The van der Waals surface area contributed by atoms with Crippen molar-refractivity contribution in [1.29, 1.82) is 0 Å². The van der Waals surface area contributed by atoms with Crippen molar-refractivity contribution in [2.75, 3.05) is 5.32 Å². The number of nitrogens with one attached hydrogen (secondary N) is 1. The molecule has 7 heteroatoms. The van der Waals surface area contributed by atoms with Crippen LogP contribution >= 0.6 is 0 Å². The summed E-state index contributed by atoms with van der Waals surface area (Å²) in [5, 5.41) is 12.7. The Hall–Kier alpha value is -2.02. The SMILES string of the molecule is CC(C)(N)CC(=O)Nc1ccc([N+](=O)[O-])cc1F. The first-order chi connectivity index (χ1) is 8.19. The first kappa shape index (κ1) is 14.0. The summed E-state index contributed by atoms with van der Waals surface area (Å²) in [5.74, 6) is -1.30. The minimum absolute atomic E-state index is 0.0173. The highest BCUT2D eigenvalue weighted by atomic mass is 19.1. The van der Waals surface area contributed by atoms with Crippen molar-refractivity contribution in [3.63, 3.8) is 0 Å². The van der Waals surface area contributed by atoms with Gasteiger partial charge in [-0.1, -0.05) is 0 Å². The number of carbonyl (C=O) groups is 1. The number of carbonyl (C=O) groups excluding carboxylic acids is 1. The average molecular weight is 255 g/mol. The van der Waals surface area contributed by atoms with Crippen LogP contribution in [-0.4, -0.2) is 16.4 Å². The number of nitrogens with two attached hydrogens (primary N) is 1. The molecule has 0 radical (unpaired) electrons. The zero-order chi connectivity index (χ0) is 13.9. The van der Waals surface area contributed by atoms with Crippen LogP contribution in [0.1, 0.15) is 20.3 Å². The predicted octanol–water partition coefficient (Wildman–Crippen LogP) is 1.80. The summed E-state index contributed by atoms with van der Waals surface area (Å²) in [7, 11) is 0. The Bertz CT molecular complexity index is 483. The Balaban J connectivity index is 2.80. The summed E-state index contributed by atoms with van der Waals surface area (Å²) in [6.45, 7) is 3.33. The van der Waals surface area contributed by atoms with Crippen molar-refractivity contribution in [2.45, 2.75) is 25.8 Å². The van der Waals surface area contributed by atoms with E-state index in [2.05, 4.69) is 5.32 Å². The molecule has 1 aromatic rings. The van der Waals surface area contributed by atoms with Crippen molar-refractivity contribution in [3.8, 4) is 0 Å². The highest BCUT2D eigenvalue weighted by Gasteiger charge is 2.18. The quantitative estimate of drug-likeness (QED) is 0.633. The van der Waals surface area contributed by atoms with E-state index in [1.807, 2.05) is 0 Å². The fourth-order valence-electron chi connectivity index (χ4n) is 1.33. The molecular weight excluding hydrogens is 241 g/mol. The number of nitro groups is 1. The topological polar surface area (TPSA) is 98.3 Å². The molecule has 1 amide bonds. The van der Waals surface area contributed by atoms with Crippen molar-refractivity contribution in [2.24, 2.45) is 5.73 Å². The molecule has 0 saturated heterocycles. The summed E-state index contributed by atoms with van der Waals surface area (Å²) in [4.78, 5) is 21.2. The molecule has 1 rings (SSSR count). The molecule has 0 aromatic heterocycles. The fourth-order valence-corrected chi connectivity index (χ4v) is 1.33. The van der Waals surface area contributed by atoms with Gasteiger partial charge in [-0.3, -0.25) is 14.9 Å². The van der Waals surface area contributed by atoms with Gasteiger partial charge in [0.1, 0.15) is 0 Å². The zero-order valence-corrected chi connectivity index (χ0v) is 10.1. The lowest BCUT2D eigenvalue weighted by molar-refractivity contribution is -0.385. The first-order valence-corrected chi connectivity index (χ1v) is 5.22. The van der Waals surface area contributed by atoms with Crippen LogP contribution in [0.5, 0.6) is 0 Å². The monoisotopic (exact) mass is 255 g/mol. The highest BCUT2D eigenvalue weighted by Crippen LogP contribution is 2.21. The minimum atomic E-state index is -0.854. The summed E-state index contributed by atoms with van der Waals surface area (Å²) in [6, 6.07) is 3.02. The number of amides is 1. The van der Waals surface area contributed by atoms with E-state index in [4.69, 9.17) is 5.73 Å². The normalized spacial score (nSPS) is 11.1. The molecular formula is C11H14FN3O3. The van der Waals surface area contributed by atoms with Gasteiger partial charge < -0.3 is 11.1 Å². The van der Waals surface area contributed by atoms with Crippen LogP contribution in [0.2, 0.25) is 0 Å². The molecule has 0 bridgehead atoms. The second kappa shape index (κ2) is 5.09.